The summed E-state index contributed by atoms with van der Waals surface area (Å²) in [6, 6.07) is 8.12. The Morgan fingerprint density at radius 2 is 1.89 bits per heavy atom. The number of nitrogens with two attached hydrogens (primary N) is 1. The molecule has 1 rings (SSSR count). The number of hydrogen-bond acceptors (Lipinski definition) is 3. The maximum atomic E-state index is 11.5. The van der Waals surface area contributed by atoms with E-state index >= 15 is 0 Å². The molecule has 1 amide bonds. The first-order valence-electron chi connectivity index (χ1n) is 6.54. The third kappa shape index (κ3) is 6.82. The summed E-state index contributed by atoms with van der Waals surface area (Å²) in [4.78, 5) is 11.5. The molecule has 0 aliphatic carbocycles. The van der Waals surface area contributed by atoms with Gasteiger partial charge in [-0.1, -0.05) is 29.8 Å². The van der Waals surface area contributed by atoms with Gasteiger partial charge in [-0.3, -0.25) is 0 Å². The van der Waals surface area contributed by atoms with Crippen LogP contribution in [0.1, 0.15) is 31.9 Å². The molecule has 0 fully saturated rings. The zero-order valence-electron chi connectivity index (χ0n) is 12.2. The predicted molar refractivity (Wildman–Crippen MR) is 77.1 cm³/mol. The molecule has 0 aliphatic heterocycles. The van der Waals surface area contributed by atoms with Crippen LogP contribution in [0.25, 0.3) is 0 Å². The van der Waals surface area contributed by atoms with Crippen LogP contribution >= 0.6 is 0 Å². The predicted octanol–water partition coefficient (Wildman–Crippen LogP) is 2.39. The second-order valence-electron chi connectivity index (χ2n) is 5.83. The molecular weight excluding hydrogens is 240 g/mol. The molecule has 0 unspecified atom stereocenters. The summed E-state index contributed by atoms with van der Waals surface area (Å²) >= 11 is 0. The molecule has 1 atom stereocenters. The molecule has 0 spiro atoms. The number of carbonyl (C=O) groups excluding carboxylic acids is 1. The van der Waals surface area contributed by atoms with Gasteiger partial charge in [-0.15, -0.1) is 0 Å². The zero-order chi connectivity index (χ0) is 14.5. The minimum absolute atomic E-state index is 0.116. The van der Waals surface area contributed by atoms with Crippen LogP contribution in [0.3, 0.4) is 0 Å². The highest BCUT2D eigenvalue weighted by molar-refractivity contribution is 5.67. The van der Waals surface area contributed by atoms with E-state index in [1.165, 1.54) is 11.1 Å². The van der Waals surface area contributed by atoms with Crippen molar-refractivity contribution in [2.24, 2.45) is 5.73 Å². The fourth-order valence-electron chi connectivity index (χ4n) is 1.63. The Bertz CT molecular complexity index is 407. The van der Waals surface area contributed by atoms with E-state index in [0.717, 1.165) is 6.42 Å². The Labute approximate surface area is 115 Å². The SMILES string of the molecule is Cc1ccc(C[C@@H](N)CNC(=O)OC(C)(C)C)cc1. The van der Waals surface area contributed by atoms with E-state index in [4.69, 9.17) is 10.5 Å². The van der Waals surface area contributed by atoms with Crippen LogP contribution in [-0.2, 0) is 11.2 Å². The number of alkyl carbamates (subject to hydrolysis) is 1. The van der Waals surface area contributed by atoms with Crippen molar-refractivity contribution in [3.63, 3.8) is 0 Å². The standard InChI is InChI=1S/C15H24N2O2/c1-11-5-7-12(8-6-11)9-13(16)10-17-14(18)19-15(2,3)4/h5-8,13H,9-10,16H2,1-4H3,(H,17,18)/t13-/m1/s1. The van der Waals surface area contributed by atoms with Crippen LogP contribution in [0.2, 0.25) is 0 Å². The van der Waals surface area contributed by atoms with Gasteiger partial charge in [-0.25, -0.2) is 4.79 Å². The lowest BCUT2D eigenvalue weighted by Gasteiger charge is -2.20. The average molecular weight is 264 g/mol. The number of rotatable bonds is 4. The van der Waals surface area contributed by atoms with Crippen molar-refractivity contribution in [1.82, 2.24) is 5.32 Å². The molecule has 1 aromatic rings. The highest BCUT2D eigenvalue weighted by atomic mass is 16.6. The van der Waals surface area contributed by atoms with Crippen molar-refractivity contribution < 1.29 is 9.53 Å². The van der Waals surface area contributed by atoms with E-state index in [1.54, 1.807) is 0 Å². The molecule has 3 N–H and O–H groups in total. The van der Waals surface area contributed by atoms with Gasteiger partial charge in [0.05, 0.1) is 0 Å². The number of nitrogens with one attached hydrogen (secondary N) is 1. The summed E-state index contributed by atoms with van der Waals surface area (Å²) in [5.41, 5.74) is 7.90. The summed E-state index contributed by atoms with van der Waals surface area (Å²) in [6.45, 7) is 7.95. The Morgan fingerprint density at radius 1 is 1.32 bits per heavy atom. The molecule has 0 saturated heterocycles. The normalized spacial score (nSPS) is 12.9. The molecule has 4 heteroatoms. The smallest absolute Gasteiger partial charge is 0.407 e. The molecule has 1 aromatic carbocycles. The maximum absolute atomic E-state index is 11.5. The van der Waals surface area contributed by atoms with E-state index in [2.05, 4.69) is 29.6 Å². The van der Waals surface area contributed by atoms with Crippen molar-refractivity contribution >= 4 is 6.09 Å². The van der Waals surface area contributed by atoms with E-state index in [9.17, 15) is 4.79 Å². The Hall–Kier alpha value is -1.55. The zero-order valence-corrected chi connectivity index (χ0v) is 12.2. The minimum atomic E-state index is -0.481. The van der Waals surface area contributed by atoms with E-state index in [-0.39, 0.29) is 6.04 Å². The van der Waals surface area contributed by atoms with Crippen molar-refractivity contribution in [3.05, 3.63) is 35.4 Å². The van der Waals surface area contributed by atoms with Crippen LogP contribution in [0, 0.1) is 6.92 Å². The van der Waals surface area contributed by atoms with Gasteiger partial charge in [0.2, 0.25) is 0 Å². The highest BCUT2D eigenvalue weighted by Crippen LogP contribution is 2.07. The third-order valence-electron chi connectivity index (χ3n) is 2.53. The maximum Gasteiger partial charge on any atom is 0.407 e. The fourth-order valence-corrected chi connectivity index (χ4v) is 1.63. The molecule has 4 nitrogen and oxygen atoms in total. The van der Waals surface area contributed by atoms with Gasteiger partial charge >= 0.3 is 6.09 Å². The minimum Gasteiger partial charge on any atom is -0.444 e. The van der Waals surface area contributed by atoms with Crippen LogP contribution in [0.5, 0.6) is 0 Å². The van der Waals surface area contributed by atoms with Crippen molar-refractivity contribution in [2.45, 2.75) is 45.8 Å². The molecule has 0 radical (unpaired) electrons. The Morgan fingerprint density at radius 3 is 2.42 bits per heavy atom. The second-order valence-corrected chi connectivity index (χ2v) is 5.83. The van der Waals surface area contributed by atoms with Gasteiger partial charge in [-0.2, -0.15) is 0 Å². The number of ether oxygens (including phenoxy) is 1. The Kier molecular flexibility index (Phi) is 5.36. The first-order valence-corrected chi connectivity index (χ1v) is 6.54. The quantitative estimate of drug-likeness (QED) is 0.877. The molecule has 106 valence electrons. The lowest BCUT2D eigenvalue weighted by molar-refractivity contribution is 0.0524. The molecule has 0 saturated carbocycles. The summed E-state index contributed by atoms with van der Waals surface area (Å²) in [7, 11) is 0. The average Bonchev–Trinajstić information content (AvgIpc) is 2.27. The lowest BCUT2D eigenvalue weighted by atomic mass is 10.1. The first-order chi connectivity index (χ1) is 8.76. The Balaban J connectivity index is 2.33. The largest absolute Gasteiger partial charge is 0.444 e. The van der Waals surface area contributed by atoms with Crippen LogP contribution in [0.4, 0.5) is 4.79 Å². The number of amides is 1. The van der Waals surface area contributed by atoms with Gasteiger partial charge in [-0.05, 0) is 39.7 Å². The second kappa shape index (κ2) is 6.57. The van der Waals surface area contributed by atoms with Gasteiger partial charge in [0.15, 0.2) is 0 Å². The lowest BCUT2D eigenvalue weighted by Crippen LogP contribution is -2.41. The van der Waals surface area contributed by atoms with Gasteiger partial charge < -0.3 is 15.8 Å². The summed E-state index contributed by atoms with van der Waals surface area (Å²) in [6.07, 6.45) is 0.308. The van der Waals surface area contributed by atoms with Crippen molar-refractivity contribution in [3.8, 4) is 0 Å². The number of carbonyl (C=O) groups is 1. The van der Waals surface area contributed by atoms with Gasteiger partial charge in [0, 0.05) is 12.6 Å². The summed E-state index contributed by atoms with van der Waals surface area (Å²) in [5, 5.41) is 2.68. The summed E-state index contributed by atoms with van der Waals surface area (Å²) < 4.78 is 5.15. The van der Waals surface area contributed by atoms with Gasteiger partial charge in [0.1, 0.15) is 5.60 Å². The van der Waals surface area contributed by atoms with Gasteiger partial charge in [0.25, 0.3) is 0 Å². The van der Waals surface area contributed by atoms with E-state index in [1.807, 2.05) is 27.7 Å². The number of hydrogen-bond donors (Lipinski definition) is 2. The van der Waals surface area contributed by atoms with E-state index < -0.39 is 11.7 Å². The van der Waals surface area contributed by atoms with Crippen molar-refractivity contribution in [1.29, 1.82) is 0 Å². The molecule has 0 aromatic heterocycles. The molecule has 0 bridgehead atoms. The highest BCUT2D eigenvalue weighted by Gasteiger charge is 2.16. The van der Waals surface area contributed by atoms with E-state index in [0.29, 0.717) is 6.54 Å². The topological polar surface area (TPSA) is 64.3 Å². The molecule has 0 aliphatic rings. The molecule has 0 heterocycles. The van der Waals surface area contributed by atoms with Crippen LogP contribution < -0.4 is 11.1 Å². The monoisotopic (exact) mass is 264 g/mol. The van der Waals surface area contributed by atoms with Crippen molar-refractivity contribution in [2.75, 3.05) is 6.54 Å². The molecule has 19 heavy (non-hydrogen) atoms. The number of benzene rings is 1. The summed E-state index contributed by atoms with van der Waals surface area (Å²) in [5.74, 6) is 0. The molecular formula is C15H24N2O2. The fraction of sp³-hybridized carbons (Fsp3) is 0.533. The first kappa shape index (κ1) is 15.5. The third-order valence-corrected chi connectivity index (χ3v) is 2.53. The number of aryl methyl sites for hydroxylation is 1. The van der Waals surface area contributed by atoms with Crippen LogP contribution in [0.15, 0.2) is 24.3 Å². The van der Waals surface area contributed by atoms with Crippen LogP contribution in [-0.4, -0.2) is 24.3 Å².